The maximum Gasteiger partial charge on any atom is 0.256 e. The molecule has 136 valence electrons. The summed E-state index contributed by atoms with van der Waals surface area (Å²) in [5, 5.41) is 2.99. The first-order chi connectivity index (χ1) is 11.4. The molecule has 0 spiro atoms. The molecule has 2 atom stereocenters. The fraction of sp³-hybridized carbons (Fsp3) is 0.650. The molecule has 0 aromatic heterocycles. The largest absolute Gasteiger partial charge is 0.490 e. The second-order valence-corrected chi connectivity index (χ2v) is 6.60. The number of carbonyl (C=O) groups excluding carboxylic acids is 1. The van der Waals surface area contributed by atoms with Gasteiger partial charge in [-0.2, -0.15) is 0 Å². The van der Waals surface area contributed by atoms with Gasteiger partial charge in [0.15, 0.2) is 0 Å². The average molecular weight is 335 g/mol. The summed E-state index contributed by atoms with van der Waals surface area (Å²) in [6.45, 7) is 12.7. The summed E-state index contributed by atoms with van der Waals surface area (Å²) in [5.41, 5.74) is 1.00. The minimum atomic E-state index is -0.787. The van der Waals surface area contributed by atoms with Gasteiger partial charge < -0.3 is 14.8 Å². The van der Waals surface area contributed by atoms with Gasteiger partial charge >= 0.3 is 0 Å². The molecule has 0 aliphatic heterocycles. The molecule has 1 amide bonds. The minimum Gasteiger partial charge on any atom is -0.490 e. The zero-order valence-corrected chi connectivity index (χ0v) is 16.1. The molecule has 24 heavy (non-hydrogen) atoms. The Morgan fingerprint density at radius 2 is 1.96 bits per heavy atom. The number of benzene rings is 1. The third-order valence-electron chi connectivity index (χ3n) is 4.17. The predicted octanol–water partition coefficient (Wildman–Crippen LogP) is 5.10. The van der Waals surface area contributed by atoms with Crippen molar-refractivity contribution in [2.75, 3.05) is 11.9 Å². The molecule has 4 heteroatoms. The molecule has 1 aromatic carbocycles. The van der Waals surface area contributed by atoms with Crippen LogP contribution >= 0.6 is 0 Å². The normalized spacial score (nSPS) is 14.8. The minimum absolute atomic E-state index is 0.0900. The van der Waals surface area contributed by atoms with Crippen molar-refractivity contribution in [3.63, 3.8) is 0 Å². The Kier molecular flexibility index (Phi) is 8.26. The van der Waals surface area contributed by atoms with Gasteiger partial charge in [0.25, 0.3) is 5.91 Å². The monoisotopic (exact) mass is 335 g/mol. The fourth-order valence-electron chi connectivity index (χ4n) is 2.48. The number of hydrogen-bond donors (Lipinski definition) is 1. The molecular formula is C20H33NO3. The van der Waals surface area contributed by atoms with Crippen LogP contribution in [-0.2, 0) is 9.53 Å². The van der Waals surface area contributed by atoms with Gasteiger partial charge in [-0.25, -0.2) is 0 Å². The lowest BCUT2D eigenvalue weighted by Gasteiger charge is -2.28. The summed E-state index contributed by atoms with van der Waals surface area (Å²) in [4.78, 5) is 12.7. The standard InChI is InChI=1S/C20H33NO3/c1-7-12-20(6,23-13-8-2)19(22)21-17-10-11-18(15(4)14-17)24-16(5)9-3/h10-11,14,16H,7-9,12-13H2,1-6H3,(H,21,22)/t16-,20-/m0/s1. The maximum atomic E-state index is 12.7. The summed E-state index contributed by atoms with van der Waals surface area (Å²) < 4.78 is 11.7. The number of nitrogens with one attached hydrogen (secondary N) is 1. The third-order valence-corrected chi connectivity index (χ3v) is 4.17. The summed E-state index contributed by atoms with van der Waals surface area (Å²) in [5.74, 6) is 0.772. The van der Waals surface area contributed by atoms with Gasteiger partial charge in [0.1, 0.15) is 11.4 Å². The number of anilines is 1. The average Bonchev–Trinajstić information content (AvgIpc) is 2.55. The lowest BCUT2D eigenvalue weighted by molar-refractivity contribution is -0.140. The van der Waals surface area contributed by atoms with Crippen molar-refractivity contribution in [3.8, 4) is 5.75 Å². The number of carbonyl (C=O) groups is 1. The Labute approximate surface area is 146 Å². The van der Waals surface area contributed by atoms with Crippen LogP contribution in [0, 0.1) is 6.92 Å². The van der Waals surface area contributed by atoms with Crippen LogP contribution in [0.15, 0.2) is 18.2 Å². The molecular weight excluding hydrogens is 302 g/mol. The van der Waals surface area contributed by atoms with Crippen LogP contribution in [0.2, 0.25) is 0 Å². The van der Waals surface area contributed by atoms with Crippen LogP contribution in [0.25, 0.3) is 0 Å². The van der Waals surface area contributed by atoms with Crippen molar-refractivity contribution in [2.45, 2.75) is 78.9 Å². The first-order valence-electron chi connectivity index (χ1n) is 9.09. The van der Waals surface area contributed by atoms with Crippen LogP contribution in [0.1, 0.15) is 65.9 Å². The number of hydrogen-bond acceptors (Lipinski definition) is 3. The van der Waals surface area contributed by atoms with E-state index in [1.807, 2.05) is 39.0 Å². The van der Waals surface area contributed by atoms with Crippen molar-refractivity contribution < 1.29 is 14.3 Å². The summed E-state index contributed by atoms with van der Waals surface area (Å²) in [6.07, 6.45) is 3.64. The molecule has 0 saturated heterocycles. The Balaban J connectivity index is 2.83. The van der Waals surface area contributed by atoms with E-state index in [9.17, 15) is 4.79 Å². The van der Waals surface area contributed by atoms with Gasteiger partial charge in [0.05, 0.1) is 6.10 Å². The van der Waals surface area contributed by atoms with Crippen LogP contribution in [-0.4, -0.2) is 24.2 Å². The SMILES string of the molecule is CCCO[C@@](C)(CCC)C(=O)Nc1ccc(O[C@@H](C)CC)c(C)c1. The molecule has 4 nitrogen and oxygen atoms in total. The lowest BCUT2D eigenvalue weighted by Crippen LogP contribution is -2.43. The molecule has 0 radical (unpaired) electrons. The third kappa shape index (κ3) is 5.82. The van der Waals surface area contributed by atoms with E-state index in [4.69, 9.17) is 9.47 Å². The van der Waals surface area contributed by atoms with E-state index in [0.29, 0.717) is 13.0 Å². The topological polar surface area (TPSA) is 47.6 Å². The van der Waals surface area contributed by atoms with Gasteiger partial charge in [0, 0.05) is 12.3 Å². The Hall–Kier alpha value is -1.55. The first-order valence-corrected chi connectivity index (χ1v) is 9.09. The lowest BCUT2D eigenvalue weighted by atomic mass is 9.98. The van der Waals surface area contributed by atoms with Crippen LogP contribution in [0.3, 0.4) is 0 Å². The predicted molar refractivity (Wildman–Crippen MR) is 99.7 cm³/mol. The van der Waals surface area contributed by atoms with Crippen molar-refractivity contribution in [1.29, 1.82) is 0 Å². The van der Waals surface area contributed by atoms with Gasteiger partial charge in [-0.05, 0) is 63.8 Å². The molecule has 0 bridgehead atoms. The molecule has 0 unspecified atom stereocenters. The fourth-order valence-corrected chi connectivity index (χ4v) is 2.48. The van der Waals surface area contributed by atoms with Crippen molar-refractivity contribution in [1.82, 2.24) is 0 Å². The zero-order valence-electron chi connectivity index (χ0n) is 16.1. The van der Waals surface area contributed by atoms with E-state index in [2.05, 4.69) is 26.1 Å². The number of aryl methyl sites for hydroxylation is 1. The highest BCUT2D eigenvalue weighted by molar-refractivity contribution is 5.97. The van der Waals surface area contributed by atoms with Crippen molar-refractivity contribution in [3.05, 3.63) is 23.8 Å². The number of amides is 1. The molecule has 1 aromatic rings. The van der Waals surface area contributed by atoms with Crippen LogP contribution in [0.4, 0.5) is 5.69 Å². The smallest absolute Gasteiger partial charge is 0.256 e. The molecule has 0 aliphatic rings. The van der Waals surface area contributed by atoms with E-state index < -0.39 is 5.60 Å². The van der Waals surface area contributed by atoms with Crippen molar-refractivity contribution >= 4 is 11.6 Å². The number of ether oxygens (including phenoxy) is 2. The Bertz CT molecular complexity index is 530. The van der Waals surface area contributed by atoms with Gasteiger partial charge in [-0.3, -0.25) is 4.79 Å². The second-order valence-electron chi connectivity index (χ2n) is 6.60. The highest BCUT2D eigenvalue weighted by Crippen LogP contribution is 2.26. The number of rotatable bonds is 10. The summed E-state index contributed by atoms with van der Waals surface area (Å²) in [6, 6.07) is 5.75. The Morgan fingerprint density at radius 1 is 1.25 bits per heavy atom. The Morgan fingerprint density at radius 3 is 2.50 bits per heavy atom. The summed E-state index contributed by atoms with van der Waals surface area (Å²) >= 11 is 0. The van der Waals surface area contributed by atoms with E-state index in [1.54, 1.807) is 0 Å². The highest BCUT2D eigenvalue weighted by Gasteiger charge is 2.33. The van der Waals surface area contributed by atoms with E-state index in [0.717, 1.165) is 36.3 Å². The van der Waals surface area contributed by atoms with Gasteiger partial charge in [-0.1, -0.05) is 27.2 Å². The van der Waals surface area contributed by atoms with Gasteiger partial charge in [-0.15, -0.1) is 0 Å². The van der Waals surface area contributed by atoms with E-state index >= 15 is 0 Å². The summed E-state index contributed by atoms with van der Waals surface area (Å²) in [7, 11) is 0. The molecule has 0 saturated carbocycles. The molecule has 1 N–H and O–H groups in total. The molecule has 0 aliphatic carbocycles. The van der Waals surface area contributed by atoms with Crippen LogP contribution < -0.4 is 10.1 Å². The second kappa shape index (κ2) is 9.67. The highest BCUT2D eigenvalue weighted by atomic mass is 16.5. The van der Waals surface area contributed by atoms with Crippen molar-refractivity contribution in [2.24, 2.45) is 0 Å². The molecule has 0 fully saturated rings. The van der Waals surface area contributed by atoms with E-state index in [-0.39, 0.29) is 12.0 Å². The van der Waals surface area contributed by atoms with Crippen LogP contribution in [0.5, 0.6) is 5.75 Å². The maximum absolute atomic E-state index is 12.7. The van der Waals surface area contributed by atoms with Gasteiger partial charge in [0.2, 0.25) is 0 Å². The molecule has 0 heterocycles. The quantitative estimate of drug-likeness (QED) is 0.647. The zero-order chi connectivity index (χ0) is 18.2. The molecule has 1 rings (SSSR count). The first kappa shape index (κ1) is 20.5. The van der Waals surface area contributed by atoms with E-state index in [1.165, 1.54) is 0 Å².